The van der Waals surface area contributed by atoms with Crippen LogP contribution in [0.3, 0.4) is 0 Å². The lowest BCUT2D eigenvalue weighted by Crippen LogP contribution is -2.47. The molecule has 1 aliphatic heterocycles. The Kier molecular flexibility index (Phi) is 7.26. The topological polar surface area (TPSA) is 99.0 Å². The zero-order chi connectivity index (χ0) is 22.6. The van der Waals surface area contributed by atoms with Crippen molar-refractivity contribution in [3.8, 4) is 0 Å². The van der Waals surface area contributed by atoms with Gasteiger partial charge >= 0.3 is 0 Å². The Bertz CT molecular complexity index is 1010. The van der Waals surface area contributed by atoms with E-state index in [1.807, 2.05) is 56.4 Å². The normalized spacial score (nSPS) is 16.9. The zero-order valence-corrected chi connectivity index (χ0v) is 18.9. The highest BCUT2D eigenvalue weighted by Crippen LogP contribution is 2.30. The minimum atomic E-state index is -3.78. The third kappa shape index (κ3) is 5.40. The highest BCUT2D eigenvalue weighted by Gasteiger charge is 2.30. The van der Waals surface area contributed by atoms with Gasteiger partial charge in [0.1, 0.15) is 5.69 Å². The fourth-order valence-electron chi connectivity index (χ4n) is 3.63. The highest BCUT2D eigenvalue weighted by molar-refractivity contribution is 7.89. The second-order valence-corrected chi connectivity index (χ2v) is 9.85. The average Bonchev–Trinajstić information content (AvgIpc) is 2.74. The first-order valence-corrected chi connectivity index (χ1v) is 11.6. The summed E-state index contributed by atoms with van der Waals surface area (Å²) >= 11 is 0. The molecule has 1 N–H and O–H groups in total. The van der Waals surface area contributed by atoms with Crippen LogP contribution in [0.25, 0.3) is 0 Å². The van der Waals surface area contributed by atoms with Gasteiger partial charge in [-0.3, -0.25) is 10.1 Å². The number of hydrogen-bond donors (Lipinski definition) is 1. The number of likely N-dealkylation sites (N-methyl/N-ethyl adjacent to an activating group) is 2. The summed E-state index contributed by atoms with van der Waals surface area (Å²) in [5.74, 6) is 0. The van der Waals surface area contributed by atoms with Crippen LogP contribution in [0, 0.1) is 10.1 Å². The fraction of sp³-hybridized carbons (Fsp3) is 0.429. The molecule has 0 radical (unpaired) electrons. The molecule has 1 atom stereocenters. The first-order valence-electron chi connectivity index (χ1n) is 10.1. The van der Waals surface area contributed by atoms with Crippen molar-refractivity contribution in [3.05, 3.63) is 64.2 Å². The van der Waals surface area contributed by atoms with Crippen molar-refractivity contribution in [1.82, 2.24) is 14.1 Å². The van der Waals surface area contributed by atoms with Crippen LogP contribution in [0.15, 0.2) is 53.4 Å². The van der Waals surface area contributed by atoms with Crippen LogP contribution in [0.2, 0.25) is 0 Å². The second kappa shape index (κ2) is 9.73. The molecule has 31 heavy (non-hydrogen) atoms. The van der Waals surface area contributed by atoms with E-state index in [0.29, 0.717) is 38.4 Å². The van der Waals surface area contributed by atoms with Gasteiger partial charge in [-0.1, -0.05) is 30.3 Å². The molecule has 2 aromatic carbocycles. The second-order valence-electron chi connectivity index (χ2n) is 7.91. The molecule has 9 nitrogen and oxygen atoms in total. The number of hydrogen-bond acceptors (Lipinski definition) is 7. The van der Waals surface area contributed by atoms with Crippen molar-refractivity contribution in [1.29, 1.82) is 0 Å². The van der Waals surface area contributed by atoms with Crippen LogP contribution in [0.4, 0.5) is 11.4 Å². The monoisotopic (exact) mass is 447 g/mol. The van der Waals surface area contributed by atoms with E-state index in [9.17, 15) is 18.5 Å². The standard InChI is InChI=1S/C21H29N5O4S/c1-23(2)21(17-7-5-4-6-8-17)16-22-19-10-9-18(15-20(19)26(27)28)31(29,30)25-13-11-24(3)12-14-25/h4-10,15,21-22H,11-14,16H2,1-3H3. The Morgan fingerprint density at radius 2 is 1.74 bits per heavy atom. The molecule has 0 aromatic heterocycles. The summed E-state index contributed by atoms with van der Waals surface area (Å²) < 4.78 is 27.3. The molecular formula is C21H29N5O4S. The number of anilines is 1. The minimum absolute atomic E-state index is 0.00504. The average molecular weight is 448 g/mol. The van der Waals surface area contributed by atoms with Gasteiger partial charge in [0.25, 0.3) is 5.69 Å². The van der Waals surface area contributed by atoms with E-state index >= 15 is 0 Å². The Morgan fingerprint density at radius 1 is 1.10 bits per heavy atom. The van der Waals surface area contributed by atoms with Crippen LogP contribution in [0.5, 0.6) is 0 Å². The number of benzene rings is 2. The van der Waals surface area contributed by atoms with Crippen molar-refractivity contribution in [2.75, 3.05) is 59.2 Å². The molecule has 10 heteroatoms. The highest BCUT2D eigenvalue weighted by atomic mass is 32.2. The van der Waals surface area contributed by atoms with Gasteiger partial charge in [0.05, 0.1) is 15.9 Å². The molecule has 168 valence electrons. The summed E-state index contributed by atoms with van der Waals surface area (Å²) in [6.07, 6.45) is 0. The molecule has 1 aliphatic rings. The Balaban J connectivity index is 1.83. The third-order valence-electron chi connectivity index (χ3n) is 5.56. The lowest BCUT2D eigenvalue weighted by molar-refractivity contribution is -0.384. The first-order chi connectivity index (χ1) is 14.7. The number of nitro groups is 1. The quantitative estimate of drug-likeness (QED) is 0.489. The molecule has 0 spiro atoms. The SMILES string of the molecule is CN1CCN(S(=O)(=O)c2ccc(NCC(c3ccccc3)N(C)C)c([N+](=O)[O-])c2)CC1. The third-order valence-corrected chi connectivity index (χ3v) is 7.45. The number of nitrogens with zero attached hydrogens (tertiary/aromatic N) is 4. The van der Waals surface area contributed by atoms with Crippen molar-refractivity contribution in [3.63, 3.8) is 0 Å². The van der Waals surface area contributed by atoms with Crippen LogP contribution >= 0.6 is 0 Å². The van der Waals surface area contributed by atoms with E-state index in [-0.39, 0.29) is 16.6 Å². The van der Waals surface area contributed by atoms with Crippen molar-refractivity contribution in [2.45, 2.75) is 10.9 Å². The molecule has 1 saturated heterocycles. The van der Waals surface area contributed by atoms with Gasteiger partial charge in [0.2, 0.25) is 10.0 Å². The molecule has 0 amide bonds. The van der Waals surface area contributed by atoms with Crippen molar-refractivity contribution < 1.29 is 13.3 Å². The van der Waals surface area contributed by atoms with E-state index in [0.717, 1.165) is 11.6 Å². The molecule has 0 bridgehead atoms. The van der Waals surface area contributed by atoms with E-state index in [2.05, 4.69) is 10.2 Å². The van der Waals surface area contributed by atoms with Gasteiger partial charge in [0.15, 0.2) is 0 Å². The van der Waals surface area contributed by atoms with Crippen LogP contribution < -0.4 is 5.32 Å². The van der Waals surface area contributed by atoms with Gasteiger partial charge < -0.3 is 15.1 Å². The Labute approximate surface area is 183 Å². The molecule has 2 aromatic rings. The summed E-state index contributed by atoms with van der Waals surface area (Å²) in [5.41, 5.74) is 1.13. The number of nitro benzene ring substituents is 1. The summed E-state index contributed by atoms with van der Waals surface area (Å²) in [7, 11) is 2.04. The van der Waals surface area contributed by atoms with Crippen molar-refractivity contribution >= 4 is 21.4 Å². The molecule has 0 aliphatic carbocycles. The van der Waals surface area contributed by atoms with E-state index in [1.54, 1.807) is 0 Å². The maximum atomic E-state index is 13.0. The minimum Gasteiger partial charge on any atom is -0.378 e. The van der Waals surface area contributed by atoms with E-state index < -0.39 is 14.9 Å². The van der Waals surface area contributed by atoms with Crippen LogP contribution in [0.1, 0.15) is 11.6 Å². The molecule has 1 heterocycles. The summed E-state index contributed by atoms with van der Waals surface area (Å²) in [4.78, 5) is 15.2. The maximum Gasteiger partial charge on any atom is 0.293 e. The van der Waals surface area contributed by atoms with Crippen LogP contribution in [-0.2, 0) is 10.0 Å². The predicted molar refractivity (Wildman–Crippen MR) is 121 cm³/mol. The smallest absolute Gasteiger partial charge is 0.293 e. The first kappa shape index (κ1) is 23.1. The number of sulfonamides is 1. The Hall–Kier alpha value is -2.53. The largest absolute Gasteiger partial charge is 0.378 e. The molecule has 1 unspecified atom stereocenters. The summed E-state index contributed by atoms with van der Waals surface area (Å²) in [5, 5.41) is 14.8. The van der Waals surface area contributed by atoms with Gasteiger partial charge in [-0.05, 0) is 38.8 Å². The predicted octanol–water partition coefficient (Wildman–Crippen LogP) is 2.25. The van der Waals surface area contributed by atoms with E-state index in [1.165, 1.54) is 16.4 Å². The maximum absolute atomic E-state index is 13.0. The van der Waals surface area contributed by atoms with Gasteiger partial charge in [-0.15, -0.1) is 0 Å². The Morgan fingerprint density at radius 3 is 2.32 bits per heavy atom. The van der Waals surface area contributed by atoms with Crippen molar-refractivity contribution in [2.24, 2.45) is 0 Å². The molecule has 0 saturated carbocycles. The van der Waals surface area contributed by atoms with Crippen LogP contribution in [-0.4, -0.2) is 81.3 Å². The lowest BCUT2D eigenvalue weighted by atomic mass is 10.1. The number of nitrogens with one attached hydrogen (secondary N) is 1. The molecular weight excluding hydrogens is 418 g/mol. The van der Waals surface area contributed by atoms with E-state index in [4.69, 9.17) is 0 Å². The van der Waals surface area contributed by atoms with Gasteiger partial charge in [-0.25, -0.2) is 8.42 Å². The number of rotatable bonds is 8. The fourth-order valence-corrected chi connectivity index (χ4v) is 5.07. The zero-order valence-electron chi connectivity index (χ0n) is 18.1. The summed E-state index contributed by atoms with van der Waals surface area (Å²) in [6, 6.07) is 13.9. The number of piperazine rings is 1. The summed E-state index contributed by atoms with van der Waals surface area (Å²) in [6.45, 7) is 2.43. The molecule has 3 rings (SSSR count). The van der Waals surface area contributed by atoms with Gasteiger partial charge in [-0.2, -0.15) is 4.31 Å². The van der Waals surface area contributed by atoms with Gasteiger partial charge in [0, 0.05) is 38.8 Å². The lowest BCUT2D eigenvalue weighted by Gasteiger charge is -2.31. The molecule has 1 fully saturated rings.